The van der Waals surface area contributed by atoms with Gasteiger partial charge in [0.05, 0.1) is 18.3 Å². The molecule has 0 atom stereocenters. The standard InChI is InChI=1S/C19H16N6O2.C5H11NO/c1-25(2)18(26)12-6-8-13(9-7-12)27-19-21-11-20-17(23-19)14-4-3-5-16-15(14)10-22-24-16;1-2-6-3-5-7-4-1/h3-11H,1-2H3,(H,22,24);6H,1-5H2. The number of carbonyl (C=O) groups excluding carboxylic acids is 1. The van der Waals surface area contributed by atoms with E-state index in [1.807, 2.05) is 18.2 Å². The first-order chi connectivity index (χ1) is 16.6. The first kappa shape index (κ1) is 23.3. The molecule has 0 spiro atoms. The van der Waals surface area contributed by atoms with E-state index in [2.05, 4.69) is 30.5 Å². The van der Waals surface area contributed by atoms with Crippen LogP contribution in [0, 0.1) is 0 Å². The number of carbonyl (C=O) groups is 1. The van der Waals surface area contributed by atoms with Crippen LogP contribution in [-0.2, 0) is 4.74 Å². The van der Waals surface area contributed by atoms with Crippen molar-refractivity contribution in [3.8, 4) is 23.1 Å². The molecular formula is C24H27N7O3. The molecule has 3 heterocycles. The molecule has 1 fully saturated rings. The number of aromatic nitrogens is 5. The molecule has 0 bridgehead atoms. The van der Waals surface area contributed by atoms with Gasteiger partial charge in [-0.25, -0.2) is 4.98 Å². The second-order valence-electron chi connectivity index (χ2n) is 7.77. The van der Waals surface area contributed by atoms with Gasteiger partial charge in [0, 0.05) is 43.8 Å². The third kappa shape index (κ3) is 5.91. The number of hydrogen-bond donors (Lipinski definition) is 2. The highest BCUT2D eigenvalue weighted by molar-refractivity contribution is 5.94. The van der Waals surface area contributed by atoms with Crippen LogP contribution in [0.25, 0.3) is 22.3 Å². The fourth-order valence-corrected chi connectivity index (χ4v) is 3.32. The molecule has 0 aliphatic carbocycles. The summed E-state index contributed by atoms with van der Waals surface area (Å²) in [6.07, 6.45) is 4.30. The molecule has 1 aliphatic heterocycles. The molecule has 4 aromatic rings. The van der Waals surface area contributed by atoms with Crippen LogP contribution in [-0.4, -0.2) is 76.4 Å². The summed E-state index contributed by atoms with van der Waals surface area (Å²) in [6.45, 7) is 3.98. The Morgan fingerprint density at radius 3 is 2.74 bits per heavy atom. The summed E-state index contributed by atoms with van der Waals surface area (Å²) in [7, 11) is 3.42. The molecule has 2 aromatic carbocycles. The number of H-pyrrole nitrogens is 1. The van der Waals surface area contributed by atoms with Crippen molar-refractivity contribution in [1.29, 1.82) is 0 Å². The van der Waals surface area contributed by atoms with Gasteiger partial charge in [-0.3, -0.25) is 9.89 Å². The number of nitrogens with one attached hydrogen (secondary N) is 2. The zero-order valence-corrected chi connectivity index (χ0v) is 19.2. The summed E-state index contributed by atoms with van der Waals surface area (Å²) in [6, 6.07) is 12.7. The van der Waals surface area contributed by atoms with Crippen LogP contribution < -0.4 is 10.1 Å². The lowest BCUT2D eigenvalue weighted by Crippen LogP contribution is -2.21. The Morgan fingerprint density at radius 2 is 1.91 bits per heavy atom. The molecule has 2 N–H and O–H groups in total. The van der Waals surface area contributed by atoms with Gasteiger partial charge < -0.3 is 19.7 Å². The Hall–Kier alpha value is -3.89. The molecule has 1 aliphatic rings. The molecule has 2 aromatic heterocycles. The van der Waals surface area contributed by atoms with Crippen molar-refractivity contribution in [3.05, 3.63) is 60.6 Å². The average Bonchev–Trinajstić information content (AvgIpc) is 3.14. The SMILES string of the molecule is C1CNCCOC1.CN(C)C(=O)c1ccc(Oc2ncnc(-c3cccc4[nH]ncc34)n2)cc1. The third-order valence-electron chi connectivity index (χ3n) is 5.06. The first-order valence-corrected chi connectivity index (χ1v) is 11.0. The summed E-state index contributed by atoms with van der Waals surface area (Å²) in [4.78, 5) is 26.2. The van der Waals surface area contributed by atoms with Crippen molar-refractivity contribution in [3.63, 3.8) is 0 Å². The molecule has 0 saturated carbocycles. The molecule has 1 saturated heterocycles. The Kier molecular flexibility index (Phi) is 7.74. The lowest BCUT2D eigenvalue weighted by molar-refractivity contribution is 0.0827. The first-order valence-electron chi connectivity index (χ1n) is 11.0. The second-order valence-corrected chi connectivity index (χ2v) is 7.77. The monoisotopic (exact) mass is 461 g/mol. The average molecular weight is 462 g/mol. The topological polar surface area (TPSA) is 118 Å². The Balaban J connectivity index is 0.000000336. The lowest BCUT2D eigenvalue weighted by atomic mass is 10.1. The molecular weight excluding hydrogens is 434 g/mol. The number of hydrogen-bond acceptors (Lipinski definition) is 8. The van der Waals surface area contributed by atoms with Gasteiger partial charge in [-0.1, -0.05) is 12.1 Å². The van der Waals surface area contributed by atoms with E-state index in [9.17, 15) is 4.79 Å². The number of ether oxygens (including phenoxy) is 2. The van der Waals surface area contributed by atoms with Gasteiger partial charge in [0.2, 0.25) is 0 Å². The van der Waals surface area contributed by atoms with Crippen molar-refractivity contribution in [2.24, 2.45) is 0 Å². The minimum absolute atomic E-state index is 0.0720. The number of benzene rings is 2. The summed E-state index contributed by atoms with van der Waals surface area (Å²) in [5, 5.41) is 11.1. The van der Waals surface area contributed by atoms with Crippen LogP contribution in [0.5, 0.6) is 11.8 Å². The normalized spacial score (nSPS) is 13.5. The zero-order chi connectivity index (χ0) is 23.8. The smallest absolute Gasteiger partial charge is 0.325 e. The number of nitrogens with zero attached hydrogens (tertiary/aromatic N) is 5. The van der Waals surface area contributed by atoms with Crippen molar-refractivity contribution in [2.45, 2.75) is 6.42 Å². The van der Waals surface area contributed by atoms with Gasteiger partial charge in [0.15, 0.2) is 5.82 Å². The van der Waals surface area contributed by atoms with Gasteiger partial charge in [0.25, 0.3) is 5.91 Å². The van der Waals surface area contributed by atoms with Crippen molar-refractivity contribution in [1.82, 2.24) is 35.4 Å². The van der Waals surface area contributed by atoms with Crippen molar-refractivity contribution >= 4 is 16.8 Å². The molecule has 10 heteroatoms. The molecule has 34 heavy (non-hydrogen) atoms. The van der Waals surface area contributed by atoms with Gasteiger partial charge in [-0.2, -0.15) is 15.1 Å². The fourth-order valence-electron chi connectivity index (χ4n) is 3.32. The molecule has 0 unspecified atom stereocenters. The van der Waals surface area contributed by atoms with E-state index in [1.54, 1.807) is 44.6 Å². The minimum atomic E-state index is -0.0720. The predicted molar refractivity (Wildman–Crippen MR) is 128 cm³/mol. The van der Waals surface area contributed by atoms with E-state index in [-0.39, 0.29) is 11.9 Å². The Labute approximate surface area is 197 Å². The Bertz CT molecular complexity index is 1210. The summed E-state index contributed by atoms with van der Waals surface area (Å²) in [5.41, 5.74) is 2.31. The van der Waals surface area contributed by atoms with E-state index in [0.29, 0.717) is 17.1 Å². The minimum Gasteiger partial charge on any atom is -0.424 e. The van der Waals surface area contributed by atoms with E-state index in [1.165, 1.54) is 17.6 Å². The molecule has 5 rings (SSSR count). The second kappa shape index (κ2) is 11.3. The van der Waals surface area contributed by atoms with Crippen molar-refractivity contribution < 1.29 is 14.3 Å². The largest absolute Gasteiger partial charge is 0.424 e. The molecule has 0 radical (unpaired) electrons. The fraction of sp³-hybridized carbons (Fsp3) is 0.292. The van der Waals surface area contributed by atoms with Crippen molar-refractivity contribution in [2.75, 3.05) is 40.4 Å². The predicted octanol–water partition coefficient (Wildman–Crippen LogP) is 2.91. The highest BCUT2D eigenvalue weighted by Crippen LogP contribution is 2.26. The van der Waals surface area contributed by atoms with Crippen LogP contribution in [0.2, 0.25) is 0 Å². The summed E-state index contributed by atoms with van der Waals surface area (Å²) in [5.74, 6) is 0.951. The molecule has 176 valence electrons. The highest BCUT2D eigenvalue weighted by Gasteiger charge is 2.11. The van der Waals surface area contributed by atoms with Gasteiger partial charge in [0.1, 0.15) is 12.1 Å². The quantitative estimate of drug-likeness (QED) is 0.476. The van der Waals surface area contributed by atoms with E-state index >= 15 is 0 Å². The van der Waals surface area contributed by atoms with Gasteiger partial charge >= 0.3 is 6.01 Å². The lowest BCUT2D eigenvalue weighted by Gasteiger charge is -2.10. The number of amides is 1. The number of rotatable bonds is 4. The van der Waals surface area contributed by atoms with Crippen LogP contribution >= 0.6 is 0 Å². The van der Waals surface area contributed by atoms with E-state index in [0.717, 1.165) is 42.8 Å². The molecule has 10 nitrogen and oxygen atoms in total. The van der Waals surface area contributed by atoms with Gasteiger partial charge in [-0.05, 0) is 43.3 Å². The van der Waals surface area contributed by atoms with Crippen LogP contribution in [0.1, 0.15) is 16.8 Å². The van der Waals surface area contributed by atoms with E-state index in [4.69, 9.17) is 9.47 Å². The third-order valence-corrected chi connectivity index (χ3v) is 5.06. The summed E-state index contributed by atoms with van der Waals surface area (Å²) < 4.78 is 10.9. The Morgan fingerprint density at radius 1 is 1.06 bits per heavy atom. The zero-order valence-electron chi connectivity index (χ0n) is 19.2. The maximum absolute atomic E-state index is 11.9. The number of aromatic amines is 1. The van der Waals surface area contributed by atoms with Crippen LogP contribution in [0.15, 0.2) is 55.0 Å². The van der Waals surface area contributed by atoms with Crippen LogP contribution in [0.4, 0.5) is 0 Å². The van der Waals surface area contributed by atoms with Gasteiger partial charge in [-0.15, -0.1) is 0 Å². The maximum Gasteiger partial charge on any atom is 0.325 e. The van der Waals surface area contributed by atoms with E-state index < -0.39 is 0 Å². The number of fused-ring (bicyclic) bond motifs is 1. The van der Waals surface area contributed by atoms with Crippen LogP contribution in [0.3, 0.4) is 0 Å². The molecule has 1 amide bonds. The maximum atomic E-state index is 11.9. The highest BCUT2D eigenvalue weighted by atomic mass is 16.5. The summed E-state index contributed by atoms with van der Waals surface area (Å²) >= 11 is 0.